The van der Waals surface area contributed by atoms with E-state index in [9.17, 15) is 0 Å². The Morgan fingerprint density at radius 3 is 2.50 bits per heavy atom. The molecular weight excluding hydrogens is 222 g/mol. The average molecular weight is 247 g/mol. The fourth-order valence-electron chi connectivity index (χ4n) is 1.91. The molecule has 1 aromatic carbocycles. The van der Waals surface area contributed by atoms with Crippen molar-refractivity contribution < 1.29 is 4.74 Å². The fourth-order valence-corrected chi connectivity index (χ4v) is 1.91. The van der Waals surface area contributed by atoms with Crippen molar-refractivity contribution in [3.8, 4) is 5.75 Å². The first-order valence-corrected chi connectivity index (χ1v) is 6.94. The van der Waals surface area contributed by atoms with Crippen LogP contribution in [0.1, 0.15) is 45.1 Å². The van der Waals surface area contributed by atoms with Gasteiger partial charge in [-0.25, -0.2) is 0 Å². The zero-order valence-electron chi connectivity index (χ0n) is 11.9. The number of ether oxygens (including phenoxy) is 1. The summed E-state index contributed by atoms with van der Waals surface area (Å²) in [5.41, 5.74) is 1.14. The number of hydrogen-bond acceptors (Lipinski definition) is 2. The van der Waals surface area contributed by atoms with Gasteiger partial charge in [-0.1, -0.05) is 33.1 Å². The van der Waals surface area contributed by atoms with Crippen LogP contribution in [0.5, 0.6) is 5.75 Å². The lowest BCUT2D eigenvalue weighted by Gasteiger charge is -2.10. The molecule has 1 aromatic rings. The van der Waals surface area contributed by atoms with E-state index in [2.05, 4.69) is 18.8 Å². The maximum atomic E-state index is 5.13. The summed E-state index contributed by atoms with van der Waals surface area (Å²) in [6.45, 7) is 5.44. The smallest absolute Gasteiger partial charge is 0.118 e. The Morgan fingerprint density at radius 1 is 1.22 bits per heavy atom. The van der Waals surface area contributed by atoms with Gasteiger partial charge < -0.3 is 4.74 Å². The van der Waals surface area contributed by atoms with Gasteiger partial charge in [-0.15, -0.1) is 0 Å². The molecule has 0 heterocycles. The van der Waals surface area contributed by atoms with Gasteiger partial charge in [0.2, 0.25) is 0 Å². The van der Waals surface area contributed by atoms with Crippen LogP contribution in [0.25, 0.3) is 0 Å². The van der Waals surface area contributed by atoms with Crippen LogP contribution in [-0.4, -0.2) is 19.9 Å². The predicted octanol–water partition coefficient (Wildman–Crippen LogP) is 4.33. The van der Waals surface area contributed by atoms with Crippen molar-refractivity contribution >= 4 is 6.21 Å². The highest BCUT2D eigenvalue weighted by Gasteiger charge is 2.03. The zero-order chi connectivity index (χ0) is 13.2. The Balaban J connectivity index is 2.42. The summed E-state index contributed by atoms with van der Waals surface area (Å²) in [6.07, 6.45) is 7.08. The van der Waals surface area contributed by atoms with E-state index in [0.717, 1.165) is 23.8 Å². The van der Waals surface area contributed by atoms with Crippen molar-refractivity contribution in [3.05, 3.63) is 29.8 Å². The number of benzene rings is 1. The zero-order valence-corrected chi connectivity index (χ0v) is 11.9. The van der Waals surface area contributed by atoms with Gasteiger partial charge in [-0.05, 0) is 42.2 Å². The van der Waals surface area contributed by atoms with Crippen LogP contribution in [0.3, 0.4) is 0 Å². The van der Waals surface area contributed by atoms with Crippen LogP contribution in [0.15, 0.2) is 29.3 Å². The molecular formula is C16H25NO. The summed E-state index contributed by atoms with van der Waals surface area (Å²) in [7, 11) is 1.68. The quantitative estimate of drug-likeness (QED) is 0.626. The number of methoxy groups -OCH3 is 1. The molecule has 0 aliphatic rings. The molecule has 0 saturated heterocycles. The van der Waals surface area contributed by atoms with Gasteiger partial charge in [0.15, 0.2) is 0 Å². The maximum Gasteiger partial charge on any atom is 0.118 e. The van der Waals surface area contributed by atoms with Crippen LogP contribution in [0, 0.1) is 5.92 Å². The molecule has 0 fully saturated rings. The van der Waals surface area contributed by atoms with E-state index in [0.29, 0.717) is 0 Å². The number of nitrogens with zero attached hydrogens (tertiary/aromatic N) is 1. The lowest BCUT2D eigenvalue weighted by atomic mass is 10.00. The normalized spacial score (nSPS) is 12.8. The summed E-state index contributed by atoms with van der Waals surface area (Å²) in [5, 5.41) is 0. The van der Waals surface area contributed by atoms with Gasteiger partial charge in [-0.2, -0.15) is 0 Å². The van der Waals surface area contributed by atoms with Gasteiger partial charge in [0.25, 0.3) is 0 Å². The molecule has 0 N–H and O–H groups in total. The summed E-state index contributed by atoms with van der Waals surface area (Å²) in [5.74, 6) is 1.63. The summed E-state index contributed by atoms with van der Waals surface area (Å²) >= 11 is 0. The average Bonchev–Trinajstić information content (AvgIpc) is 2.43. The van der Waals surface area contributed by atoms with E-state index in [1.165, 1.54) is 25.7 Å². The first-order valence-electron chi connectivity index (χ1n) is 6.94. The Hall–Kier alpha value is -1.31. The summed E-state index contributed by atoms with van der Waals surface area (Å²) in [4.78, 5) is 4.56. The molecule has 2 heteroatoms. The third-order valence-corrected chi connectivity index (χ3v) is 3.26. The third-order valence-electron chi connectivity index (χ3n) is 3.26. The highest BCUT2D eigenvalue weighted by molar-refractivity contribution is 5.79. The van der Waals surface area contributed by atoms with Crippen molar-refractivity contribution in [2.24, 2.45) is 10.9 Å². The van der Waals surface area contributed by atoms with Crippen molar-refractivity contribution in [3.63, 3.8) is 0 Å². The minimum Gasteiger partial charge on any atom is -0.497 e. The molecule has 0 bridgehead atoms. The molecule has 0 spiro atoms. The molecule has 0 radical (unpaired) electrons. The minimum atomic E-state index is 0.736. The van der Waals surface area contributed by atoms with Gasteiger partial charge >= 0.3 is 0 Å². The Labute approximate surface area is 111 Å². The van der Waals surface area contributed by atoms with Gasteiger partial charge in [0.05, 0.1) is 7.11 Å². The first kappa shape index (κ1) is 14.7. The van der Waals surface area contributed by atoms with Crippen molar-refractivity contribution in [2.75, 3.05) is 13.7 Å². The van der Waals surface area contributed by atoms with Crippen molar-refractivity contribution in [1.82, 2.24) is 0 Å². The second kappa shape index (κ2) is 8.73. The van der Waals surface area contributed by atoms with Gasteiger partial charge in [0, 0.05) is 12.8 Å². The maximum absolute atomic E-state index is 5.13. The number of hydrogen-bond donors (Lipinski definition) is 0. The lowest BCUT2D eigenvalue weighted by Crippen LogP contribution is -2.03. The number of aliphatic imine (C=N–C) groups is 1. The van der Waals surface area contributed by atoms with E-state index in [1.54, 1.807) is 7.11 Å². The molecule has 0 amide bonds. The Bertz CT molecular complexity index is 343. The molecule has 0 saturated carbocycles. The minimum absolute atomic E-state index is 0.736. The third kappa shape index (κ3) is 5.35. The predicted molar refractivity (Wildman–Crippen MR) is 78.8 cm³/mol. The van der Waals surface area contributed by atoms with E-state index >= 15 is 0 Å². The van der Waals surface area contributed by atoms with Crippen molar-refractivity contribution in [1.29, 1.82) is 0 Å². The van der Waals surface area contributed by atoms with Crippen LogP contribution in [-0.2, 0) is 0 Å². The van der Waals surface area contributed by atoms with Crippen LogP contribution < -0.4 is 4.74 Å². The second-order valence-corrected chi connectivity index (χ2v) is 4.68. The number of unbranched alkanes of at least 4 members (excludes halogenated alkanes) is 1. The van der Waals surface area contributed by atoms with Crippen LogP contribution >= 0.6 is 0 Å². The van der Waals surface area contributed by atoms with E-state index in [-0.39, 0.29) is 0 Å². The molecule has 0 aliphatic heterocycles. The molecule has 0 aliphatic carbocycles. The molecule has 100 valence electrons. The standard InChI is InChI=1S/C16H25NO/c1-4-6-7-14(5-2)12-17-13-15-8-10-16(18-3)11-9-15/h8-11,13-14H,4-7,12H2,1-3H3/t14-/m0/s1. The first-order chi connectivity index (χ1) is 8.80. The summed E-state index contributed by atoms with van der Waals surface area (Å²) in [6, 6.07) is 8.01. The monoisotopic (exact) mass is 247 g/mol. The van der Waals surface area contributed by atoms with Crippen LogP contribution in [0.4, 0.5) is 0 Å². The second-order valence-electron chi connectivity index (χ2n) is 4.68. The van der Waals surface area contributed by atoms with E-state index in [1.807, 2.05) is 30.5 Å². The van der Waals surface area contributed by atoms with E-state index < -0.39 is 0 Å². The SMILES string of the molecule is CCCC[C@H](CC)CN=Cc1ccc(OC)cc1. The van der Waals surface area contributed by atoms with Crippen LogP contribution in [0.2, 0.25) is 0 Å². The number of rotatable bonds is 8. The fraction of sp³-hybridized carbons (Fsp3) is 0.562. The van der Waals surface area contributed by atoms with Gasteiger partial charge in [0.1, 0.15) is 5.75 Å². The molecule has 1 rings (SSSR count). The van der Waals surface area contributed by atoms with E-state index in [4.69, 9.17) is 4.74 Å². The molecule has 0 unspecified atom stereocenters. The summed E-state index contributed by atoms with van der Waals surface area (Å²) < 4.78 is 5.13. The largest absolute Gasteiger partial charge is 0.497 e. The lowest BCUT2D eigenvalue weighted by molar-refractivity contribution is 0.415. The van der Waals surface area contributed by atoms with Gasteiger partial charge in [-0.3, -0.25) is 4.99 Å². The highest BCUT2D eigenvalue weighted by Crippen LogP contribution is 2.13. The topological polar surface area (TPSA) is 21.6 Å². The Kier molecular flexibility index (Phi) is 7.16. The molecule has 0 aromatic heterocycles. The molecule has 1 atom stereocenters. The Morgan fingerprint density at radius 2 is 1.94 bits per heavy atom. The molecule has 18 heavy (non-hydrogen) atoms. The van der Waals surface area contributed by atoms with Crippen molar-refractivity contribution in [2.45, 2.75) is 39.5 Å². The highest BCUT2D eigenvalue weighted by atomic mass is 16.5. The molecule has 2 nitrogen and oxygen atoms in total.